The number of aliphatic hydroxyl groups is 1. The van der Waals surface area contributed by atoms with Crippen LogP contribution >= 0.6 is 36.4 Å². The molecule has 0 aliphatic carbocycles. The van der Waals surface area contributed by atoms with Crippen LogP contribution in [0.3, 0.4) is 0 Å². The van der Waals surface area contributed by atoms with Crippen LogP contribution in [0.15, 0.2) is 36.4 Å². The van der Waals surface area contributed by atoms with Crippen LogP contribution in [0, 0.1) is 0 Å². The molecule has 2 aromatic carbocycles. The van der Waals surface area contributed by atoms with Gasteiger partial charge >= 0.3 is 0 Å². The average Bonchev–Trinajstić information content (AvgIpc) is 2.81. The van der Waals surface area contributed by atoms with Crippen molar-refractivity contribution < 1.29 is 24.1 Å². The lowest BCUT2D eigenvalue weighted by atomic mass is 10.2. The van der Waals surface area contributed by atoms with Crippen molar-refractivity contribution in [2.75, 3.05) is 60.7 Å². The minimum atomic E-state index is -0.542. The minimum Gasteiger partial charge on any atom is -0.493 e. The van der Waals surface area contributed by atoms with Crippen LogP contribution in [0.5, 0.6) is 17.2 Å². The molecule has 7 nitrogen and oxygen atoms in total. The van der Waals surface area contributed by atoms with Crippen molar-refractivity contribution in [3.63, 3.8) is 0 Å². The smallest absolute Gasteiger partial charge is 0.203 e. The highest BCUT2D eigenvalue weighted by atomic mass is 35.5. The van der Waals surface area contributed by atoms with Crippen LogP contribution in [-0.4, -0.2) is 81.7 Å². The third-order valence-corrected chi connectivity index (χ3v) is 5.81. The Labute approximate surface area is 219 Å². The molecule has 192 valence electrons. The second kappa shape index (κ2) is 15.5. The van der Waals surface area contributed by atoms with Crippen LogP contribution < -0.4 is 14.2 Å². The predicted octanol–water partition coefficient (Wildman–Crippen LogP) is 3.90. The maximum Gasteiger partial charge on any atom is 0.203 e. The van der Waals surface area contributed by atoms with Crippen LogP contribution in [0.4, 0.5) is 0 Å². The lowest BCUT2D eigenvalue weighted by molar-refractivity contribution is 0.000808. The molecule has 0 saturated carbocycles. The summed E-state index contributed by atoms with van der Waals surface area (Å²) in [4.78, 5) is 4.71. The summed E-state index contributed by atoms with van der Waals surface area (Å²) in [6, 6.07) is 11.7. The second-order valence-electron chi connectivity index (χ2n) is 7.91. The van der Waals surface area contributed by atoms with Gasteiger partial charge in [0.2, 0.25) is 5.75 Å². The quantitative estimate of drug-likeness (QED) is 0.466. The highest BCUT2D eigenvalue weighted by molar-refractivity contribution is 6.30. The van der Waals surface area contributed by atoms with Crippen molar-refractivity contribution >= 4 is 36.4 Å². The molecule has 10 heteroatoms. The Morgan fingerprint density at radius 2 is 1.41 bits per heavy atom. The lowest BCUT2D eigenvalue weighted by Gasteiger charge is -2.35. The van der Waals surface area contributed by atoms with E-state index in [2.05, 4.69) is 21.9 Å². The summed E-state index contributed by atoms with van der Waals surface area (Å²) >= 11 is 5.96. The van der Waals surface area contributed by atoms with Crippen molar-refractivity contribution in [1.29, 1.82) is 0 Å². The molecule has 1 heterocycles. The summed E-state index contributed by atoms with van der Waals surface area (Å²) in [5.74, 6) is 1.72. The van der Waals surface area contributed by atoms with E-state index in [-0.39, 0.29) is 31.4 Å². The first-order valence-corrected chi connectivity index (χ1v) is 11.1. The van der Waals surface area contributed by atoms with Crippen molar-refractivity contribution in [3.05, 3.63) is 52.5 Å². The number of hydrogen-bond acceptors (Lipinski definition) is 7. The normalized spacial score (nSPS) is 15.1. The first-order chi connectivity index (χ1) is 15.5. The maximum absolute atomic E-state index is 10.4. The van der Waals surface area contributed by atoms with Gasteiger partial charge in [0.15, 0.2) is 11.5 Å². The Bertz CT molecular complexity index is 824. The van der Waals surface area contributed by atoms with Gasteiger partial charge in [-0.05, 0) is 35.4 Å². The van der Waals surface area contributed by atoms with E-state index in [0.717, 1.165) is 43.3 Å². The van der Waals surface area contributed by atoms with Crippen molar-refractivity contribution in [1.82, 2.24) is 9.80 Å². The van der Waals surface area contributed by atoms with E-state index in [0.29, 0.717) is 30.4 Å². The molecule has 1 aliphatic rings. The Balaban J connectivity index is 0.00000289. The number of benzene rings is 2. The molecule has 3 rings (SSSR count). The van der Waals surface area contributed by atoms with Crippen LogP contribution in [0.2, 0.25) is 5.02 Å². The Hall–Kier alpha value is -1.45. The molecular weight excluding hydrogens is 503 g/mol. The van der Waals surface area contributed by atoms with Gasteiger partial charge in [-0.1, -0.05) is 23.7 Å². The number of aliphatic hydroxyl groups excluding tert-OH is 1. The van der Waals surface area contributed by atoms with Gasteiger partial charge in [-0.2, -0.15) is 0 Å². The highest BCUT2D eigenvalue weighted by Gasteiger charge is 2.20. The monoisotopic (exact) mass is 536 g/mol. The lowest BCUT2D eigenvalue weighted by Crippen LogP contribution is -2.48. The summed E-state index contributed by atoms with van der Waals surface area (Å²) < 4.78 is 21.8. The first kappa shape index (κ1) is 30.6. The van der Waals surface area contributed by atoms with E-state index in [1.54, 1.807) is 21.3 Å². The Morgan fingerprint density at radius 1 is 0.853 bits per heavy atom. The molecule has 1 fully saturated rings. The predicted molar refractivity (Wildman–Crippen MR) is 139 cm³/mol. The van der Waals surface area contributed by atoms with Crippen molar-refractivity contribution in [3.8, 4) is 17.2 Å². The molecule has 0 aromatic heterocycles. The summed E-state index contributed by atoms with van der Waals surface area (Å²) in [6.07, 6.45) is -0.542. The van der Waals surface area contributed by atoms with E-state index in [9.17, 15) is 5.11 Å². The van der Waals surface area contributed by atoms with Gasteiger partial charge in [-0.3, -0.25) is 9.80 Å². The number of halogens is 3. The fraction of sp³-hybridized carbons (Fsp3) is 0.500. The minimum absolute atomic E-state index is 0. The molecule has 0 radical (unpaired) electrons. The van der Waals surface area contributed by atoms with Crippen LogP contribution in [0.1, 0.15) is 11.1 Å². The van der Waals surface area contributed by atoms with Crippen LogP contribution in [0.25, 0.3) is 0 Å². The van der Waals surface area contributed by atoms with Crippen molar-refractivity contribution in [2.24, 2.45) is 0 Å². The largest absolute Gasteiger partial charge is 0.493 e. The number of rotatable bonds is 11. The number of ether oxygens (including phenoxy) is 4. The molecule has 1 unspecified atom stereocenters. The van der Waals surface area contributed by atoms with Crippen molar-refractivity contribution in [2.45, 2.75) is 19.3 Å². The summed E-state index contributed by atoms with van der Waals surface area (Å²) in [7, 11) is 4.74. The van der Waals surface area contributed by atoms with E-state index in [4.69, 9.17) is 30.5 Å². The van der Waals surface area contributed by atoms with E-state index in [1.807, 2.05) is 24.3 Å². The summed E-state index contributed by atoms with van der Waals surface area (Å²) in [5, 5.41) is 11.2. The average molecular weight is 538 g/mol. The molecule has 1 saturated heterocycles. The van der Waals surface area contributed by atoms with Gasteiger partial charge < -0.3 is 24.1 Å². The standard InChI is InChI=1S/C24H33ClN2O5.2ClH/c1-29-22-12-19(13-23(30-2)24(22)31-3)16-32-17-21(28)15-27-10-8-26(9-11-27)14-18-4-6-20(25)7-5-18;;/h4-7,12-13,21,28H,8-11,14-17H2,1-3H3;2*1H. The SMILES string of the molecule is COc1cc(COCC(O)CN2CCN(Cc3ccc(Cl)cc3)CC2)cc(OC)c1OC.Cl.Cl. The topological polar surface area (TPSA) is 63.6 Å². The fourth-order valence-electron chi connectivity index (χ4n) is 3.86. The number of piperazine rings is 1. The molecule has 0 bridgehead atoms. The molecule has 0 spiro atoms. The number of β-amino-alcohol motifs (C(OH)–C–C–N with tert-alkyl or cyclic N) is 1. The third-order valence-electron chi connectivity index (χ3n) is 5.56. The Kier molecular flexibility index (Phi) is 14.0. The second-order valence-corrected chi connectivity index (χ2v) is 8.34. The zero-order valence-electron chi connectivity index (χ0n) is 19.9. The molecule has 1 N–H and O–H groups in total. The van der Waals surface area contributed by atoms with Crippen LogP contribution in [-0.2, 0) is 17.9 Å². The van der Waals surface area contributed by atoms with Gasteiger partial charge in [0, 0.05) is 44.3 Å². The maximum atomic E-state index is 10.4. The molecule has 1 aliphatic heterocycles. The van der Waals surface area contributed by atoms with Gasteiger partial charge in [0.1, 0.15) is 0 Å². The van der Waals surface area contributed by atoms with Gasteiger partial charge in [-0.25, -0.2) is 0 Å². The van der Waals surface area contributed by atoms with E-state index in [1.165, 1.54) is 5.56 Å². The molecular formula is C24H35Cl3N2O5. The number of nitrogens with zero attached hydrogens (tertiary/aromatic N) is 2. The van der Waals surface area contributed by atoms with Gasteiger partial charge in [0.05, 0.1) is 40.6 Å². The number of methoxy groups -OCH3 is 3. The van der Waals surface area contributed by atoms with E-state index >= 15 is 0 Å². The Morgan fingerprint density at radius 3 is 1.94 bits per heavy atom. The summed E-state index contributed by atoms with van der Waals surface area (Å²) in [5.41, 5.74) is 2.16. The van der Waals surface area contributed by atoms with E-state index < -0.39 is 6.10 Å². The molecule has 2 aromatic rings. The zero-order valence-corrected chi connectivity index (χ0v) is 22.3. The van der Waals surface area contributed by atoms with Gasteiger partial charge in [-0.15, -0.1) is 24.8 Å². The molecule has 1 atom stereocenters. The highest BCUT2D eigenvalue weighted by Crippen LogP contribution is 2.38. The third kappa shape index (κ3) is 8.96. The summed E-state index contributed by atoms with van der Waals surface area (Å²) in [6.45, 7) is 5.94. The molecule has 34 heavy (non-hydrogen) atoms. The van der Waals surface area contributed by atoms with Gasteiger partial charge in [0.25, 0.3) is 0 Å². The first-order valence-electron chi connectivity index (χ1n) is 10.8. The number of hydrogen-bond donors (Lipinski definition) is 1. The zero-order chi connectivity index (χ0) is 22.9. The fourth-order valence-corrected chi connectivity index (χ4v) is 3.99. The molecule has 0 amide bonds.